The molecule has 134 valence electrons. The van der Waals surface area contributed by atoms with Crippen molar-refractivity contribution < 1.29 is 4.79 Å². The first kappa shape index (κ1) is 19.2. The van der Waals surface area contributed by atoms with Crippen LogP contribution in [0.2, 0.25) is 0 Å². The number of hydrogen-bond donors (Lipinski definition) is 1. The van der Waals surface area contributed by atoms with E-state index in [9.17, 15) is 4.79 Å². The fourth-order valence-electron chi connectivity index (χ4n) is 2.86. The van der Waals surface area contributed by atoms with Gasteiger partial charge in [-0.2, -0.15) is 0 Å². The van der Waals surface area contributed by atoms with Gasteiger partial charge in [-0.3, -0.25) is 4.79 Å². The third kappa shape index (κ3) is 6.38. The molecule has 0 aliphatic carbocycles. The van der Waals surface area contributed by atoms with Gasteiger partial charge in [-0.05, 0) is 59.9 Å². The predicted octanol–water partition coefficient (Wildman–Crippen LogP) is 6.28. The maximum atomic E-state index is 12.1. The van der Waals surface area contributed by atoms with E-state index in [0.717, 1.165) is 24.9 Å². The molecule has 2 aromatic rings. The average molecular weight is 338 g/mol. The Labute approximate surface area is 152 Å². The van der Waals surface area contributed by atoms with Gasteiger partial charge >= 0.3 is 0 Å². The Morgan fingerprint density at radius 3 is 1.84 bits per heavy atom. The Morgan fingerprint density at radius 2 is 1.32 bits per heavy atom. The summed E-state index contributed by atoms with van der Waals surface area (Å²) < 4.78 is 0. The normalized spacial score (nSPS) is 11.1. The molecular weight excluding hydrogens is 306 g/mol. The fraction of sp³-hybridized carbons (Fsp3) is 0.435. The van der Waals surface area contributed by atoms with E-state index < -0.39 is 0 Å². The van der Waals surface area contributed by atoms with Crippen molar-refractivity contribution in [2.45, 2.75) is 65.2 Å². The summed E-state index contributed by atoms with van der Waals surface area (Å²) >= 11 is 0. The summed E-state index contributed by atoms with van der Waals surface area (Å²) in [5.74, 6) is 1.19. The molecule has 2 aromatic carbocycles. The number of unbranched alkanes of at least 4 members (excludes halogenated alkanes) is 1. The molecule has 2 nitrogen and oxygen atoms in total. The summed E-state index contributed by atoms with van der Waals surface area (Å²) in [5.41, 5.74) is 4.92. The highest BCUT2D eigenvalue weighted by molar-refractivity contribution is 5.90. The lowest BCUT2D eigenvalue weighted by atomic mass is 9.99. The first-order valence-electron chi connectivity index (χ1n) is 9.44. The zero-order chi connectivity index (χ0) is 18.2. The van der Waals surface area contributed by atoms with Gasteiger partial charge in [0.15, 0.2) is 0 Å². The lowest BCUT2D eigenvalue weighted by Crippen LogP contribution is -2.11. The third-order valence-electron chi connectivity index (χ3n) is 4.63. The largest absolute Gasteiger partial charge is 0.326 e. The van der Waals surface area contributed by atoms with Gasteiger partial charge in [0.2, 0.25) is 5.91 Å². The minimum atomic E-state index is 0.104. The van der Waals surface area contributed by atoms with E-state index in [0.29, 0.717) is 18.3 Å². The molecule has 0 atom stereocenters. The van der Waals surface area contributed by atoms with E-state index in [2.05, 4.69) is 69.4 Å². The van der Waals surface area contributed by atoms with Crippen LogP contribution < -0.4 is 5.32 Å². The van der Waals surface area contributed by atoms with Crippen molar-refractivity contribution in [1.82, 2.24) is 0 Å². The monoisotopic (exact) mass is 337 g/mol. The Kier molecular flexibility index (Phi) is 7.24. The van der Waals surface area contributed by atoms with Crippen LogP contribution in [0.5, 0.6) is 0 Å². The summed E-state index contributed by atoms with van der Waals surface area (Å²) in [7, 11) is 0. The smallest absolute Gasteiger partial charge is 0.224 e. The summed E-state index contributed by atoms with van der Waals surface area (Å²) in [6, 6.07) is 17.0. The first-order valence-corrected chi connectivity index (χ1v) is 9.44. The zero-order valence-electron chi connectivity index (χ0n) is 16.0. The molecular formula is C23H31NO. The Balaban J connectivity index is 1.69. The van der Waals surface area contributed by atoms with E-state index in [1.54, 1.807) is 0 Å². The van der Waals surface area contributed by atoms with Gasteiger partial charge in [-0.1, -0.05) is 64.1 Å². The quantitative estimate of drug-likeness (QED) is 0.564. The fourth-order valence-corrected chi connectivity index (χ4v) is 2.86. The van der Waals surface area contributed by atoms with Gasteiger partial charge in [0, 0.05) is 12.1 Å². The van der Waals surface area contributed by atoms with Crippen molar-refractivity contribution in [2.75, 3.05) is 5.32 Å². The lowest BCUT2D eigenvalue weighted by Gasteiger charge is -2.09. The van der Waals surface area contributed by atoms with Crippen LogP contribution in [0, 0.1) is 0 Å². The second-order valence-corrected chi connectivity index (χ2v) is 7.43. The van der Waals surface area contributed by atoms with Gasteiger partial charge < -0.3 is 5.32 Å². The summed E-state index contributed by atoms with van der Waals surface area (Å²) in [5, 5.41) is 2.99. The molecule has 0 saturated carbocycles. The second-order valence-electron chi connectivity index (χ2n) is 7.43. The van der Waals surface area contributed by atoms with Crippen LogP contribution in [0.4, 0.5) is 5.69 Å². The molecule has 0 aliphatic heterocycles. The number of rotatable bonds is 8. The molecule has 2 heteroatoms. The Bertz CT molecular complexity index is 653. The predicted molar refractivity (Wildman–Crippen MR) is 107 cm³/mol. The Morgan fingerprint density at radius 1 is 0.800 bits per heavy atom. The number of hydrogen-bond acceptors (Lipinski definition) is 1. The van der Waals surface area contributed by atoms with Crippen LogP contribution in [-0.4, -0.2) is 5.91 Å². The zero-order valence-corrected chi connectivity index (χ0v) is 16.0. The van der Waals surface area contributed by atoms with Crippen LogP contribution in [0.15, 0.2) is 48.5 Å². The van der Waals surface area contributed by atoms with Crippen LogP contribution in [0.3, 0.4) is 0 Å². The molecule has 0 unspecified atom stereocenters. The molecule has 0 aliphatic rings. The highest BCUT2D eigenvalue weighted by Gasteiger charge is 2.04. The number of carbonyl (C=O) groups excluding carboxylic acids is 1. The van der Waals surface area contributed by atoms with E-state index >= 15 is 0 Å². The maximum absolute atomic E-state index is 12.1. The van der Waals surface area contributed by atoms with Crippen LogP contribution in [0.25, 0.3) is 0 Å². The third-order valence-corrected chi connectivity index (χ3v) is 4.63. The number of anilines is 1. The van der Waals surface area contributed by atoms with E-state index in [1.165, 1.54) is 16.7 Å². The van der Waals surface area contributed by atoms with Crippen LogP contribution in [0.1, 0.15) is 75.5 Å². The topological polar surface area (TPSA) is 29.1 Å². The van der Waals surface area contributed by atoms with Crippen molar-refractivity contribution in [1.29, 1.82) is 0 Å². The highest BCUT2D eigenvalue weighted by Crippen LogP contribution is 2.18. The minimum absolute atomic E-state index is 0.104. The van der Waals surface area contributed by atoms with Gasteiger partial charge in [0.05, 0.1) is 0 Å². The Hall–Kier alpha value is -2.09. The van der Waals surface area contributed by atoms with Gasteiger partial charge in [0.1, 0.15) is 0 Å². The van der Waals surface area contributed by atoms with Gasteiger partial charge in [-0.25, -0.2) is 0 Å². The number of benzene rings is 2. The standard InChI is InChI=1S/C23H31NO/c1-17(2)20-11-9-19(10-12-20)7-5-6-8-23(25)24-22-15-13-21(14-16-22)18(3)4/h9-18H,5-8H2,1-4H3,(H,24,25). The van der Waals surface area contributed by atoms with E-state index in [4.69, 9.17) is 0 Å². The van der Waals surface area contributed by atoms with Crippen molar-refractivity contribution in [3.8, 4) is 0 Å². The summed E-state index contributed by atoms with van der Waals surface area (Å²) in [6.07, 6.45) is 3.58. The average Bonchev–Trinajstić information content (AvgIpc) is 2.59. The second kappa shape index (κ2) is 9.41. The number of aryl methyl sites for hydroxylation is 1. The van der Waals surface area contributed by atoms with Crippen molar-refractivity contribution >= 4 is 11.6 Å². The molecule has 1 N–H and O–H groups in total. The van der Waals surface area contributed by atoms with Crippen molar-refractivity contribution in [2.24, 2.45) is 0 Å². The molecule has 25 heavy (non-hydrogen) atoms. The minimum Gasteiger partial charge on any atom is -0.326 e. The van der Waals surface area contributed by atoms with Crippen molar-refractivity contribution in [3.63, 3.8) is 0 Å². The van der Waals surface area contributed by atoms with Crippen molar-refractivity contribution in [3.05, 3.63) is 65.2 Å². The molecule has 0 radical (unpaired) electrons. The molecule has 1 amide bonds. The summed E-state index contributed by atoms with van der Waals surface area (Å²) in [6.45, 7) is 8.77. The molecule has 0 saturated heterocycles. The lowest BCUT2D eigenvalue weighted by molar-refractivity contribution is -0.116. The molecule has 0 bridgehead atoms. The number of amides is 1. The summed E-state index contributed by atoms with van der Waals surface area (Å²) in [4.78, 5) is 12.1. The molecule has 0 spiro atoms. The highest BCUT2D eigenvalue weighted by atomic mass is 16.1. The van der Waals surface area contributed by atoms with E-state index in [-0.39, 0.29) is 5.91 Å². The molecule has 0 fully saturated rings. The van der Waals surface area contributed by atoms with Gasteiger partial charge in [-0.15, -0.1) is 0 Å². The SMILES string of the molecule is CC(C)c1ccc(CCCCC(=O)Nc2ccc(C(C)C)cc2)cc1. The van der Waals surface area contributed by atoms with Gasteiger partial charge in [0.25, 0.3) is 0 Å². The maximum Gasteiger partial charge on any atom is 0.224 e. The molecule has 0 aromatic heterocycles. The van der Waals surface area contributed by atoms with E-state index in [1.807, 2.05) is 12.1 Å². The molecule has 0 heterocycles. The molecule has 2 rings (SSSR count). The van der Waals surface area contributed by atoms with Crippen LogP contribution >= 0.6 is 0 Å². The van der Waals surface area contributed by atoms with Crippen LogP contribution in [-0.2, 0) is 11.2 Å². The number of nitrogens with one attached hydrogen (secondary N) is 1. The number of carbonyl (C=O) groups is 1. The first-order chi connectivity index (χ1) is 12.0.